The highest BCUT2D eigenvalue weighted by Gasteiger charge is 2.31. The van der Waals surface area contributed by atoms with Crippen molar-refractivity contribution in [1.29, 1.82) is 0 Å². The minimum absolute atomic E-state index is 0.123. The first-order valence-electron chi connectivity index (χ1n) is 9.02. The normalized spacial score (nSPS) is 17.0. The second kappa shape index (κ2) is 8.73. The summed E-state index contributed by atoms with van der Waals surface area (Å²) in [6.07, 6.45) is -3.23. The zero-order valence-corrected chi connectivity index (χ0v) is 16.1. The first kappa shape index (κ1) is 21.0. The van der Waals surface area contributed by atoms with Gasteiger partial charge in [-0.15, -0.1) is 0 Å². The predicted octanol–water partition coefficient (Wildman–Crippen LogP) is 4.35. The molecule has 1 atom stereocenters. The number of hydrogen-bond acceptors (Lipinski definition) is 3. The van der Waals surface area contributed by atoms with Gasteiger partial charge in [0.2, 0.25) is 5.91 Å². The first-order valence-corrected chi connectivity index (χ1v) is 9.40. The summed E-state index contributed by atoms with van der Waals surface area (Å²) in [6, 6.07) is 11.1. The lowest BCUT2D eigenvalue weighted by Crippen LogP contribution is -2.46. The summed E-state index contributed by atoms with van der Waals surface area (Å²) in [5.41, 5.74) is 4.76. The second-order valence-corrected chi connectivity index (χ2v) is 7.23. The van der Waals surface area contributed by atoms with Crippen LogP contribution in [0.25, 0.3) is 0 Å². The van der Waals surface area contributed by atoms with Crippen LogP contribution in [0, 0.1) is 5.92 Å². The zero-order chi connectivity index (χ0) is 21.0. The Hall–Kier alpha value is -2.74. The molecule has 5 nitrogen and oxygen atoms in total. The van der Waals surface area contributed by atoms with E-state index >= 15 is 0 Å². The maximum atomic E-state index is 12.8. The Kier molecular flexibility index (Phi) is 6.32. The first-order chi connectivity index (χ1) is 13.7. The van der Waals surface area contributed by atoms with Gasteiger partial charge in [0.25, 0.3) is 5.91 Å². The van der Waals surface area contributed by atoms with Crippen molar-refractivity contribution in [2.45, 2.75) is 19.0 Å². The van der Waals surface area contributed by atoms with E-state index in [1.807, 2.05) is 0 Å². The average molecular weight is 426 g/mol. The number of nitrogens with one attached hydrogen (secondary N) is 2. The maximum Gasteiger partial charge on any atom is 0.416 e. The second-order valence-electron chi connectivity index (χ2n) is 6.79. The van der Waals surface area contributed by atoms with Crippen LogP contribution in [0.15, 0.2) is 48.5 Å². The van der Waals surface area contributed by atoms with Crippen molar-refractivity contribution in [1.82, 2.24) is 10.3 Å². The number of carbonyl (C=O) groups excluding carboxylic acids is 2. The van der Waals surface area contributed by atoms with Crippen LogP contribution in [0.1, 0.15) is 28.8 Å². The molecule has 0 aliphatic carbocycles. The highest BCUT2D eigenvalue weighted by Crippen LogP contribution is 2.30. The quantitative estimate of drug-likeness (QED) is 0.716. The number of rotatable bonds is 4. The van der Waals surface area contributed by atoms with Gasteiger partial charge < -0.3 is 4.90 Å². The summed E-state index contributed by atoms with van der Waals surface area (Å²) >= 11 is 5.84. The Bertz CT molecular complexity index is 887. The van der Waals surface area contributed by atoms with Crippen LogP contribution in [0.2, 0.25) is 5.02 Å². The number of anilines is 1. The Balaban J connectivity index is 1.58. The van der Waals surface area contributed by atoms with E-state index in [-0.39, 0.29) is 24.0 Å². The van der Waals surface area contributed by atoms with Crippen molar-refractivity contribution >= 4 is 29.1 Å². The van der Waals surface area contributed by atoms with Crippen LogP contribution in [-0.4, -0.2) is 29.8 Å². The van der Waals surface area contributed by atoms with E-state index in [0.29, 0.717) is 30.0 Å². The van der Waals surface area contributed by atoms with Crippen molar-refractivity contribution in [3.63, 3.8) is 0 Å². The molecule has 29 heavy (non-hydrogen) atoms. The van der Waals surface area contributed by atoms with Gasteiger partial charge in [-0.2, -0.15) is 13.2 Å². The van der Waals surface area contributed by atoms with Crippen molar-refractivity contribution < 1.29 is 22.8 Å². The molecular weight excluding hydrogens is 407 g/mol. The number of piperidine rings is 1. The van der Waals surface area contributed by atoms with E-state index in [4.69, 9.17) is 11.6 Å². The number of likely N-dealkylation sites (tertiary alicyclic amines) is 1. The molecule has 3 rings (SSSR count). The molecule has 0 unspecified atom stereocenters. The summed E-state index contributed by atoms with van der Waals surface area (Å²) in [5.74, 6) is -1.03. The van der Waals surface area contributed by atoms with E-state index in [1.54, 1.807) is 29.2 Å². The van der Waals surface area contributed by atoms with E-state index in [0.717, 1.165) is 12.1 Å². The molecule has 0 bridgehead atoms. The lowest BCUT2D eigenvalue weighted by molar-refractivity contribution is -0.137. The van der Waals surface area contributed by atoms with Gasteiger partial charge in [0, 0.05) is 23.7 Å². The standard InChI is InChI=1S/C20H19ClF3N3O2/c21-16-8-6-13(7-9-16)19(29)27-10-2-3-14(12-27)18(28)26-25-17-5-1-4-15(11-17)20(22,23)24/h1,4-9,11,14,25H,2-3,10,12H2,(H,26,28)/t14-/m1/s1. The van der Waals surface area contributed by atoms with Crippen molar-refractivity contribution in [2.24, 2.45) is 5.92 Å². The van der Waals surface area contributed by atoms with E-state index < -0.39 is 17.7 Å². The fourth-order valence-corrected chi connectivity index (χ4v) is 3.29. The monoisotopic (exact) mass is 425 g/mol. The molecule has 0 spiro atoms. The largest absolute Gasteiger partial charge is 0.416 e. The molecule has 9 heteroatoms. The molecule has 1 heterocycles. The van der Waals surface area contributed by atoms with Crippen LogP contribution in [-0.2, 0) is 11.0 Å². The van der Waals surface area contributed by atoms with Gasteiger partial charge in [-0.25, -0.2) is 0 Å². The third-order valence-electron chi connectivity index (χ3n) is 4.69. The number of halogens is 4. The maximum absolute atomic E-state index is 12.8. The summed E-state index contributed by atoms with van der Waals surface area (Å²) in [7, 11) is 0. The molecule has 1 aliphatic heterocycles. The van der Waals surface area contributed by atoms with Crippen LogP contribution < -0.4 is 10.9 Å². The van der Waals surface area contributed by atoms with Gasteiger partial charge in [0.05, 0.1) is 17.2 Å². The highest BCUT2D eigenvalue weighted by atomic mass is 35.5. The molecule has 0 aromatic heterocycles. The minimum atomic E-state index is -4.46. The molecule has 2 aromatic carbocycles. The van der Waals surface area contributed by atoms with E-state index in [1.165, 1.54) is 12.1 Å². The van der Waals surface area contributed by atoms with Gasteiger partial charge in [0.1, 0.15) is 0 Å². The number of benzene rings is 2. The lowest BCUT2D eigenvalue weighted by atomic mass is 9.96. The molecule has 1 saturated heterocycles. The summed E-state index contributed by atoms with van der Waals surface area (Å²) < 4.78 is 38.3. The third-order valence-corrected chi connectivity index (χ3v) is 4.94. The average Bonchev–Trinajstić information content (AvgIpc) is 2.72. The predicted molar refractivity (Wildman–Crippen MR) is 103 cm³/mol. The number of hydrogen-bond donors (Lipinski definition) is 2. The Morgan fingerprint density at radius 1 is 1.10 bits per heavy atom. The van der Waals surface area contributed by atoms with Crippen molar-refractivity contribution in [3.05, 3.63) is 64.7 Å². The van der Waals surface area contributed by atoms with Crippen molar-refractivity contribution in [3.8, 4) is 0 Å². The molecule has 154 valence electrons. The Labute approximate surface area is 170 Å². The summed E-state index contributed by atoms with van der Waals surface area (Å²) in [4.78, 5) is 26.7. The fraction of sp³-hybridized carbons (Fsp3) is 0.300. The number of alkyl halides is 3. The van der Waals surface area contributed by atoms with Gasteiger partial charge in [-0.05, 0) is 55.3 Å². The smallest absolute Gasteiger partial charge is 0.338 e. The van der Waals surface area contributed by atoms with Crippen LogP contribution in [0.4, 0.5) is 18.9 Å². The molecular formula is C20H19ClF3N3O2. The highest BCUT2D eigenvalue weighted by molar-refractivity contribution is 6.30. The SMILES string of the molecule is O=C(NNc1cccc(C(F)(F)F)c1)[C@@H]1CCCN(C(=O)c2ccc(Cl)cc2)C1. The van der Waals surface area contributed by atoms with Gasteiger partial charge in [0.15, 0.2) is 0 Å². The van der Waals surface area contributed by atoms with Crippen LogP contribution in [0.3, 0.4) is 0 Å². The summed E-state index contributed by atoms with van der Waals surface area (Å²) in [5, 5.41) is 0.526. The lowest BCUT2D eigenvalue weighted by Gasteiger charge is -2.32. The number of carbonyl (C=O) groups is 2. The molecule has 0 saturated carbocycles. The zero-order valence-electron chi connectivity index (χ0n) is 15.3. The topological polar surface area (TPSA) is 61.4 Å². The number of amides is 2. The Morgan fingerprint density at radius 3 is 2.52 bits per heavy atom. The molecule has 2 aromatic rings. The minimum Gasteiger partial charge on any atom is -0.338 e. The van der Waals surface area contributed by atoms with Gasteiger partial charge in [-0.3, -0.25) is 20.4 Å². The number of nitrogens with zero attached hydrogens (tertiary/aromatic N) is 1. The van der Waals surface area contributed by atoms with Gasteiger partial charge >= 0.3 is 6.18 Å². The third kappa shape index (κ3) is 5.41. The fourth-order valence-electron chi connectivity index (χ4n) is 3.16. The van der Waals surface area contributed by atoms with E-state index in [2.05, 4.69) is 10.9 Å². The van der Waals surface area contributed by atoms with Crippen molar-refractivity contribution in [2.75, 3.05) is 18.5 Å². The van der Waals surface area contributed by atoms with E-state index in [9.17, 15) is 22.8 Å². The van der Waals surface area contributed by atoms with Crippen LogP contribution >= 0.6 is 11.6 Å². The molecule has 1 fully saturated rings. The molecule has 2 N–H and O–H groups in total. The summed E-state index contributed by atoms with van der Waals surface area (Å²) in [6.45, 7) is 0.768. The number of hydrazine groups is 1. The molecule has 2 amide bonds. The molecule has 0 radical (unpaired) electrons. The van der Waals surface area contributed by atoms with Crippen LogP contribution in [0.5, 0.6) is 0 Å². The Morgan fingerprint density at radius 2 is 1.83 bits per heavy atom. The van der Waals surface area contributed by atoms with Gasteiger partial charge in [-0.1, -0.05) is 17.7 Å². The molecule has 1 aliphatic rings.